The third-order valence-electron chi connectivity index (χ3n) is 5.16. The summed E-state index contributed by atoms with van der Waals surface area (Å²) in [5.74, 6) is 0.271. The van der Waals surface area contributed by atoms with E-state index in [0.29, 0.717) is 21.5 Å². The molecule has 0 aliphatic carbocycles. The molecule has 1 aromatic carbocycles. The highest BCUT2D eigenvalue weighted by Crippen LogP contribution is 2.36. The molecule has 0 aliphatic heterocycles. The maximum absolute atomic E-state index is 12.5. The van der Waals surface area contributed by atoms with E-state index in [9.17, 15) is 15.3 Å². The highest BCUT2D eigenvalue weighted by molar-refractivity contribution is 7.99. The summed E-state index contributed by atoms with van der Waals surface area (Å²) in [4.78, 5) is 22.3. The molecule has 0 saturated heterocycles. The lowest BCUT2D eigenvalue weighted by Crippen LogP contribution is -2.12. The van der Waals surface area contributed by atoms with Gasteiger partial charge in [-0.1, -0.05) is 37.3 Å². The lowest BCUT2D eigenvalue weighted by Gasteiger charge is -2.13. The van der Waals surface area contributed by atoms with Gasteiger partial charge in [-0.3, -0.25) is 4.79 Å². The summed E-state index contributed by atoms with van der Waals surface area (Å²) in [5.41, 5.74) is 9.74. The molecule has 35 heavy (non-hydrogen) atoms. The molecule has 0 unspecified atom stereocenters. The first-order chi connectivity index (χ1) is 17.0. The van der Waals surface area contributed by atoms with Crippen LogP contribution in [0.4, 0.5) is 10.9 Å². The van der Waals surface area contributed by atoms with Crippen LogP contribution in [-0.4, -0.2) is 21.6 Å². The van der Waals surface area contributed by atoms with Gasteiger partial charge in [-0.05, 0) is 29.0 Å². The van der Waals surface area contributed by atoms with Crippen LogP contribution < -0.4 is 11.1 Å². The van der Waals surface area contributed by atoms with Crippen molar-refractivity contribution >= 4 is 51.3 Å². The van der Waals surface area contributed by atoms with Crippen molar-refractivity contribution in [1.29, 1.82) is 10.5 Å². The van der Waals surface area contributed by atoms with Gasteiger partial charge in [0.2, 0.25) is 5.91 Å². The Hall–Kier alpha value is -3.70. The van der Waals surface area contributed by atoms with Crippen LogP contribution >= 0.6 is 34.4 Å². The standard InChI is InChI=1S/C25H20N6OS3/c1-2-15-5-7-16(8-6-15)22-17(12-26)23(28)31-24(18(22)13-27)34-11-9-21(32)30-25-29-19(14-35-25)20-4-3-10-33-20/h3-8,10,14H,2,9,11H2,1H3,(H2,28,31)(H,29,30,32). The average Bonchev–Trinajstić information content (AvgIpc) is 3.56. The Morgan fingerprint density at radius 2 is 1.89 bits per heavy atom. The fourth-order valence-electron chi connectivity index (χ4n) is 3.39. The smallest absolute Gasteiger partial charge is 0.226 e. The number of anilines is 2. The van der Waals surface area contributed by atoms with E-state index in [-0.39, 0.29) is 29.3 Å². The fraction of sp³-hybridized carbons (Fsp3) is 0.160. The first-order valence-corrected chi connectivity index (χ1v) is 13.4. The molecule has 0 radical (unpaired) electrons. The highest BCUT2D eigenvalue weighted by atomic mass is 32.2. The number of carbonyl (C=O) groups is 1. The van der Waals surface area contributed by atoms with Crippen molar-refractivity contribution in [3.8, 4) is 33.8 Å². The minimum Gasteiger partial charge on any atom is -0.383 e. The molecule has 0 aliphatic rings. The Balaban J connectivity index is 1.48. The van der Waals surface area contributed by atoms with E-state index in [1.165, 1.54) is 23.1 Å². The number of benzene rings is 1. The second-order valence-corrected chi connectivity index (χ2v) is 10.3. The van der Waals surface area contributed by atoms with E-state index in [0.717, 1.165) is 28.1 Å². The number of thiophene rings is 1. The number of aryl methyl sites for hydroxylation is 1. The number of thiazole rings is 1. The molecule has 4 aromatic rings. The molecule has 10 heteroatoms. The fourth-order valence-corrected chi connectivity index (χ4v) is 5.81. The van der Waals surface area contributed by atoms with Crippen molar-refractivity contribution in [2.45, 2.75) is 24.8 Å². The molecular weight excluding hydrogens is 497 g/mol. The van der Waals surface area contributed by atoms with Crippen molar-refractivity contribution < 1.29 is 4.79 Å². The molecule has 1 amide bonds. The van der Waals surface area contributed by atoms with Crippen molar-refractivity contribution in [2.75, 3.05) is 16.8 Å². The number of hydrogen-bond donors (Lipinski definition) is 2. The maximum Gasteiger partial charge on any atom is 0.226 e. The quantitative estimate of drug-likeness (QED) is 0.277. The van der Waals surface area contributed by atoms with Gasteiger partial charge in [0.05, 0.1) is 16.1 Å². The predicted molar refractivity (Wildman–Crippen MR) is 142 cm³/mol. The van der Waals surface area contributed by atoms with Crippen LogP contribution in [0.3, 0.4) is 0 Å². The molecule has 3 N–H and O–H groups in total. The van der Waals surface area contributed by atoms with Crippen LogP contribution in [0.5, 0.6) is 0 Å². The molecular formula is C25H20N6OS3. The topological polar surface area (TPSA) is 128 Å². The molecule has 0 bridgehead atoms. The van der Waals surface area contributed by atoms with Gasteiger partial charge in [0.1, 0.15) is 28.5 Å². The minimum absolute atomic E-state index is 0.0666. The molecule has 4 rings (SSSR count). The Labute approximate surface area is 215 Å². The molecule has 0 atom stereocenters. The Morgan fingerprint density at radius 1 is 1.11 bits per heavy atom. The lowest BCUT2D eigenvalue weighted by molar-refractivity contribution is -0.115. The molecule has 174 valence electrons. The van der Waals surface area contributed by atoms with E-state index in [1.807, 2.05) is 47.2 Å². The van der Waals surface area contributed by atoms with Crippen molar-refractivity contribution in [2.24, 2.45) is 0 Å². The zero-order valence-electron chi connectivity index (χ0n) is 18.7. The van der Waals surface area contributed by atoms with Gasteiger partial charge in [0, 0.05) is 23.1 Å². The number of rotatable bonds is 8. The van der Waals surface area contributed by atoms with Gasteiger partial charge >= 0.3 is 0 Å². The first-order valence-electron chi connectivity index (χ1n) is 10.7. The van der Waals surface area contributed by atoms with E-state index in [4.69, 9.17) is 5.73 Å². The largest absolute Gasteiger partial charge is 0.383 e. The zero-order chi connectivity index (χ0) is 24.8. The van der Waals surface area contributed by atoms with Crippen LogP contribution in [0.2, 0.25) is 0 Å². The number of carbonyl (C=O) groups excluding carboxylic acids is 1. The van der Waals surface area contributed by atoms with Gasteiger partial charge in [0.15, 0.2) is 5.13 Å². The summed E-state index contributed by atoms with van der Waals surface area (Å²) in [6.07, 6.45) is 1.08. The molecule has 3 heterocycles. The van der Waals surface area contributed by atoms with Crippen molar-refractivity contribution in [1.82, 2.24) is 9.97 Å². The van der Waals surface area contributed by atoms with Crippen molar-refractivity contribution in [3.05, 3.63) is 63.8 Å². The third-order valence-corrected chi connectivity index (χ3v) is 7.79. The van der Waals surface area contributed by atoms with E-state index < -0.39 is 0 Å². The summed E-state index contributed by atoms with van der Waals surface area (Å²) in [6.45, 7) is 2.06. The van der Waals surface area contributed by atoms with E-state index in [1.54, 1.807) is 11.3 Å². The molecule has 7 nitrogen and oxygen atoms in total. The summed E-state index contributed by atoms with van der Waals surface area (Å²) >= 11 is 4.23. The van der Waals surface area contributed by atoms with Gasteiger partial charge in [0.25, 0.3) is 0 Å². The number of pyridine rings is 1. The normalized spacial score (nSPS) is 10.5. The highest BCUT2D eigenvalue weighted by Gasteiger charge is 2.21. The summed E-state index contributed by atoms with van der Waals surface area (Å²) in [7, 11) is 0. The number of thioether (sulfide) groups is 1. The van der Waals surface area contributed by atoms with E-state index in [2.05, 4.69) is 34.3 Å². The SMILES string of the molecule is CCc1ccc(-c2c(C#N)c(N)nc(SCCC(=O)Nc3nc(-c4cccs4)cs3)c2C#N)cc1. The minimum atomic E-state index is -0.180. The number of nitriles is 2. The number of nitrogens with one attached hydrogen (secondary N) is 1. The van der Waals surface area contributed by atoms with Gasteiger partial charge in [-0.15, -0.1) is 34.4 Å². The zero-order valence-corrected chi connectivity index (χ0v) is 21.2. The first kappa shape index (κ1) is 24.4. The number of nitrogen functional groups attached to an aromatic ring is 1. The number of hydrogen-bond acceptors (Lipinski definition) is 9. The number of nitrogens with two attached hydrogens (primary N) is 1. The second-order valence-electron chi connectivity index (χ2n) is 7.36. The number of amides is 1. The molecule has 0 spiro atoms. The van der Waals surface area contributed by atoms with Gasteiger partial charge in [-0.2, -0.15) is 10.5 Å². The van der Waals surface area contributed by atoms with Crippen molar-refractivity contribution in [3.63, 3.8) is 0 Å². The van der Waals surface area contributed by atoms with Crippen LogP contribution in [0.15, 0.2) is 52.2 Å². The lowest BCUT2D eigenvalue weighted by atomic mass is 9.96. The molecule has 3 aromatic heterocycles. The molecule has 0 fully saturated rings. The number of aromatic nitrogens is 2. The Kier molecular flexibility index (Phi) is 7.78. The van der Waals surface area contributed by atoms with Crippen LogP contribution in [0, 0.1) is 22.7 Å². The van der Waals surface area contributed by atoms with Gasteiger partial charge in [-0.25, -0.2) is 9.97 Å². The summed E-state index contributed by atoms with van der Waals surface area (Å²) in [5, 5.41) is 27.3. The van der Waals surface area contributed by atoms with Crippen LogP contribution in [-0.2, 0) is 11.2 Å². The average molecular weight is 517 g/mol. The predicted octanol–water partition coefficient (Wildman–Crippen LogP) is 5.94. The second kappa shape index (κ2) is 11.2. The van der Waals surface area contributed by atoms with Gasteiger partial charge < -0.3 is 11.1 Å². The number of nitrogens with zero attached hydrogens (tertiary/aromatic N) is 4. The Morgan fingerprint density at radius 3 is 2.54 bits per heavy atom. The molecule has 0 saturated carbocycles. The van der Waals surface area contributed by atoms with E-state index >= 15 is 0 Å². The van der Waals surface area contributed by atoms with Crippen LogP contribution in [0.25, 0.3) is 21.7 Å². The maximum atomic E-state index is 12.5. The van der Waals surface area contributed by atoms with Crippen LogP contribution in [0.1, 0.15) is 30.0 Å². The monoisotopic (exact) mass is 516 g/mol. The summed E-state index contributed by atoms with van der Waals surface area (Å²) < 4.78 is 0. The Bertz CT molecular complexity index is 1430. The third kappa shape index (κ3) is 5.52. The summed E-state index contributed by atoms with van der Waals surface area (Å²) in [6, 6.07) is 15.9.